The molecule has 1 fully saturated rings. The number of halogens is 2. The molecule has 0 aliphatic carbocycles. The highest BCUT2D eigenvalue weighted by Gasteiger charge is 2.33. The van der Waals surface area contributed by atoms with E-state index in [0.29, 0.717) is 17.7 Å². The number of carbonyl (C=O) groups is 2. The molecule has 1 N–H and O–H groups in total. The zero-order valence-corrected chi connectivity index (χ0v) is 16.1. The van der Waals surface area contributed by atoms with Crippen molar-refractivity contribution in [3.05, 3.63) is 34.1 Å². The van der Waals surface area contributed by atoms with E-state index < -0.39 is 23.6 Å². The second-order valence-corrected chi connectivity index (χ2v) is 7.69. The SMILES string of the molecule is C[C@@H](c1cc(F)cc(Cl)c1CO)N1CCN(C(=O)OC(C)(C)C)CC1=O. The third-order valence-corrected chi connectivity index (χ3v) is 4.52. The highest BCUT2D eigenvalue weighted by atomic mass is 35.5. The second kappa shape index (κ2) is 7.80. The van der Waals surface area contributed by atoms with Crippen molar-refractivity contribution in [1.82, 2.24) is 9.80 Å². The van der Waals surface area contributed by atoms with Gasteiger partial charge in [0.2, 0.25) is 5.91 Å². The minimum Gasteiger partial charge on any atom is -0.444 e. The molecule has 0 radical (unpaired) electrons. The van der Waals surface area contributed by atoms with Crippen LogP contribution in [-0.4, -0.2) is 52.1 Å². The minimum absolute atomic E-state index is 0.114. The number of aliphatic hydroxyl groups is 1. The summed E-state index contributed by atoms with van der Waals surface area (Å²) in [6, 6.07) is 1.92. The van der Waals surface area contributed by atoms with Crippen LogP contribution in [0.2, 0.25) is 5.02 Å². The van der Waals surface area contributed by atoms with Crippen molar-refractivity contribution in [2.75, 3.05) is 19.6 Å². The Morgan fingerprint density at radius 1 is 1.38 bits per heavy atom. The molecule has 2 rings (SSSR count). The van der Waals surface area contributed by atoms with Crippen LogP contribution in [0.15, 0.2) is 12.1 Å². The zero-order chi connectivity index (χ0) is 19.6. The number of benzene rings is 1. The van der Waals surface area contributed by atoms with Crippen LogP contribution in [0.4, 0.5) is 9.18 Å². The summed E-state index contributed by atoms with van der Waals surface area (Å²) < 4.78 is 19.0. The molecule has 8 heteroatoms. The quantitative estimate of drug-likeness (QED) is 0.866. The van der Waals surface area contributed by atoms with Gasteiger partial charge in [-0.15, -0.1) is 0 Å². The van der Waals surface area contributed by atoms with Crippen molar-refractivity contribution >= 4 is 23.6 Å². The maximum Gasteiger partial charge on any atom is 0.410 e. The lowest BCUT2D eigenvalue weighted by Crippen LogP contribution is -2.53. The Morgan fingerprint density at radius 2 is 2.04 bits per heavy atom. The number of carbonyl (C=O) groups excluding carboxylic acids is 2. The van der Waals surface area contributed by atoms with E-state index in [1.54, 1.807) is 32.6 Å². The van der Waals surface area contributed by atoms with E-state index in [1.165, 1.54) is 11.0 Å². The summed E-state index contributed by atoms with van der Waals surface area (Å²) in [5.74, 6) is -0.812. The normalized spacial score (nSPS) is 16.7. The molecular weight excluding hydrogens is 363 g/mol. The number of hydrogen-bond acceptors (Lipinski definition) is 4. The fourth-order valence-electron chi connectivity index (χ4n) is 2.91. The fraction of sp³-hybridized carbons (Fsp3) is 0.556. The molecule has 1 atom stereocenters. The molecule has 1 aromatic rings. The second-order valence-electron chi connectivity index (χ2n) is 7.28. The molecule has 0 bridgehead atoms. The lowest BCUT2D eigenvalue weighted by Gasteiger charge is -2.38. The maximum absolute atomic E-state index is 13.8. The van der Waals surface area contributed by atoms with E-state index in [9.17, 15) is 19.1 Å². The number of hydrogen-bond donors (Lipinski definition) is 1. The van der Waals surface area contributed by atoms with E-state index in [2.05, 4.69) is 0 Å². The Labute approximate surface area is 157 Å². The Hall–Kier alpha value is -1.86. The first kappa shape index (κ1) is 20.5. The summed E-state index contributed by atoms with van der Waals surface area (Å²) in [4.78, 5) is 27.6. The van der Waals surface area contributed by atoms with Gasteiger partial charge in [0, 0.05) is 23.7 Å². The van der Waals surface area contributed by atoms with Gasteiger partial charge in [0.25, 0.3) is 0 Å². The molecule has 1 aliphatic rings. The van der Waals surface area contributed by atoms with Crippen molar-refractivity contribution < 1.29 is 23.8 Å². The summed E-state index contributed by atoms with van der Waals surface area (Å²) in [6.07, 6.45) is -0.539. The summed E-state index contributed by atoms with van der Waals surface area (Å²) in [5.41, 5.74) is 0.207. The molecule has 1 heterocycles. The molecule has 6 nitrogen and oxygen atoms in total. The van der Waals surface area contributed by atoms with Crippen molar-refractivity contribution in [3.8, 4) is 0 Å². The minimum atomic E-state index is -0.640. The Balaban J connectivity index is 2.15. The first-order valence-corrected chi connectivity index (χ1v) is 8.77. The lowest BCUT2D eigenvalue weighted by molar-refractivity contribution is -0.138. The average Bonchev–Trinajstić information content (AvgIpc) is 2.51. The average molecular weight is 387 g/mol. The summed E-state index contributed by atoms with van der Waals surface area (Å²) in [7, 11) is 0. The summed E-state index contributed by atoms with van der Waals surface area (Å²) in [5, 5.41) is 9.67. The van der Waals surface area contributed by atoms with Crippen molar-refractivity contribution in [2.24, 2.45) is 0 Å². The van der Waals surface area contributed by atoms with Crippen LogP contribution in [0.1, 0.15) is 44.9 Å². The molecule has 144 valence electrons. The predicted molar refractivity (Wildman–Crippen MR) is 95.3 cm³/mol. The van der Waals surface area contributed by atoms with Crippen LogP contribution >= 0.6 is 11.6 Å². The number of aliphatic hydroxyl groups excluding tert-OH is 1. The van der Waals surface area contributed by atoms with Crippen molar-refractivity contribution in [2.45, 2.75) is 45.9 Å². The van der Waals surface area contributed by atoms with Crippen LogP contribution < -0.4 is 0 Å². The standard InChI is InChI=1S/C18H24ClFN2O4/c1-11(13-7-12(20)8-15(19)14(13)10-23)22-6-5-21(9-16(22)24)17(25)26-18(2,3)4/h7-8,11,23H,5-6,9-10H2,1-4H3/t11-/m0/s1. The van der Waals surface area contributed by atoms with E-state index in [-0.39, 0.29) is 30.6 Å². The van der Waals surface area contributed by atoms with Crippen LogP contribution in [0, 0.1) is 5.82 Å². The monoisotopic (exact) mass is 386 g/mol. The van der Waals surface area contributed by atoms with Gasteiger partial charge < -0.3 is 14.7 Å². The fourth-order valence-corrected chi connectivity index (χ4v) is 3.18. The number of nitrogens with zero attached hydrogens (tertiary/aromatic N) is 2. The van der Waals surface area contributed by atoms with E-state index in [1.807, 2.05) is 0 Å². The molecule has 26 heavy (non-hydrogen) atoms. The van der Waals surface area contributed by atoms with Gasteiger partial charge in [0.15, 0.2) is 0 Å². The van der Waals surface area contributed by atoms with Crippen LogP contribution in [0.3, 0.4) is 0 Å². The first-order valence-electron chi connectivity index (χ1n) is 8.39. The molecule has 2 amide bonds. The van der Waals surface area contributed by atoms with Gasteiger partial charge in [0.1, 0.15) is 18.0 Å². The summed E-state index contributed by atoms with van der Waals surface area (Å²) in [6.45, 7) is 7.13. The van der Waals surface area contributed by atoms with E-state index in [4.69, 9.17) is 16.3 Å². The van der Waals surface area contributed by atoms with Gasteiger partial charge in [-0.2, -0.15) is 0 Å². The molecule has 0 unspecified atom stereocenters. The van der Waals surface area contributed by atoms with Crippen molar-refractivity contribution in [1.29, 1.82) is 0 Å². The largest absolute Gasteiger partial charge is 0.444 e. The van der Waals surface area contributed by atoms with Gasteiger partial charge in [-0.1, -0.05) is 11.6 Å². The molecule has 0 spiro atoms. The molecule has 1 aromatic carbocycles. The highest BCUT2D eigenvalue weighted by Crippen LogP contribution is 2.31. The van der Waals surface area contributed by atoms with E-state index >= 15 is 0 Å². The zero-order valence-electron chi connectivity index (χ0n) is 15.4. The van der Waals surface area contributed by atoms with Crippen molar-refractivity contribution in [3.63, 3.8) is 0 Å². The molecule has 0 aromatic heterocycles. The number of rotatable bonds is 3. The van der Waals surface area contributed by atoms with Gasteiger partial charge in [-0.3, -0.25) is 9.69 Å². The maximum atomic E-state index is 13.8. The van der Waals surface area contributed by atoms with Gasteiger partial charge in [0.05, 0.1) is 12.6 Å². The Bertz CT molecular complexity index is 705. The summed E-state index contributed by atoms with van der Waals surface area (Å²) >= 11 is 6.01. The third kappa shape index (κ3) is 4.65. The molecule has 0 saturated carbocycles. The van der Waals surface area contributed by atoms with Crippen LogP contribution in [0.5, 0.6) is 0 Å². The smallest absolute Gasteiger partial charge is 0.410 e. The Morgan fingerprint density at radius 3 is 2.58 bits per heavy atom. The van der Waals surface area contributed by atoms with Gasteiger partial charge in [-0.25, -0.2) is 9.18 Å². The number of ether oxygens (including phenoxy) is 1. The third-order valence-electron chi connectivity index (χ3n) is 4.18. The highest BCUT2D eigenvalue weighted by molar-refractivity contribution is 6.31. The molecule has 1 aliphatic heterocycles. The van der Waals surface area contributed by atoms with Gasteiger partial charge >= 0.3 is 6.09 Å². The Kier molecular flexibility index (Phi) is 6.13. The molecule has 1 saturated heterocycles. The number of amides is 2. The lowest BCUT2D eigenvalue weighted by atomic mass is 9.99. The van der Waals surface area contributed by atoms with Crippen LogP contribution in [-0.2, 0) is 16.1 Å². The van der Waals surface area contributed by atoms with Crippen LogP contribution in [0.25, 0.3) is 0 Å². The first-order chi connectivity index (χ1) is 12.0. The predicted octanol–water partition coefficient (Wildman–Crippen LogP) is 3.11. The molecular formula is C18H24ClFN2O4. The number of piperazine rings is 1. The van der Waals surface area contributed by atoms with Gasteiger partial charge in [-0.05, 0) is 45.4 Å². The van der Waals surface area contributed by atoms with E-state index in [0.717, 1.165) is 6.07 Å². The topological polar surface area (TPSA) is 70.1 Å².